The Kier molecular flexibility index (Phi) is 6.00. The Morgan fingerprint density at radius 1 is 0.958 bits per heavy atom. The largest absolute Gasteiger partial charge is 0.297 e. The van der Waals surface area contributed by atoms with Crippen molar-refractivity contribution in [2.45, 2.75) is 84.5 Å². The minimum Gasteiger partial charge on any atom is -0.266 e. The van der Waals surface area contributed by atoms with Crippen LogP contribution in [0.25, 0.3) is 0 Å². The van der Waals surface area contributed by atoms with Crippen molar-refractivity contribution in [2.24, 2.45) is 5.41 Å². The summed E-state index contributed by atoms with van der Waals surface area (Å²) in [5, 5.41) is 0. The van der Waals surface area contributed by atoms with Gasteiger partial charge in [-0.25, -0.2) is 0 Å². The lowest BCUT2D eigenvalue weighted by Crippen LogP contribution is -2.24. The molecule has 0 atom stereocenters. The summed E-state index contributed by atoms with van der Waals surface area (Å²) in [7, 11) is -3.80. The van der Waals surface area contributed by atoms with E-state index in [2.05, 4.69) is 41.5 Å². The molecule has 24 heavy (non-hydrogen) atoms. The number of hydrogen-bond donors (Lipinski definition) is 0. The molecule has 0 fully saturated rings. The van der Waals surface area contributed by atoms with Crippen LogP contribution in [0.3, 0.4) is 0 Å². The highest BCUT2D eigenvalue weighted by Crippen LogP contribution is 2.36. The third-order valence-electron chi connectivity index (χ3n) is 4.38. The Hall–Kier alpha value is -0.870. The molecule has 0 bridgehead atoms. The van der Waals surface area contributed by atoms with Gasteiger partial charge in [-0.3, -0.25) is 4.18 Å². The maximum Gasteiger partial charge on any atom is 0.297 e. The molecule has 0 aromatic heterocycles. The molecular formula is C20H34O3S. The topological polar surface area (TPSA) is 43.4 Å². The first-order chi connectivity index (χ1) is 10.6. The van der Waals surface area contributed by atoms with Crippen molar-refractivity contribution in [2.75, 3.05) is 6.61 Å². The van der Waals surface area contributed by atoms with Crippen LogP contribution in [0.5, 0.6) is 0 Å². The van der Waals surface area contributed by atoms with E-state index in [9.17, 15) is 8.42 Å². The molecule has 0 radical (unpaired) electrons. The Morgan fingerprint density at radius 3 is 1.92 bits per heavy atom. The summed E-state index contributed by atoms with van der Waals surface area (Å²) in [6.07, 6.45) is 0.851. The molecule has 1 aromatic carbocycles. The van der Waals surface area contributed by atoms with Gasteiger partial charge in [-0.05, 0) is 39.9 Å². The van der Waals surface area contributed by atoms with Gasteiger partial charge >= 0.3 is 0 Å². The zero-order valence-corrected chi connectivity index (χ0v) is 17.6. The van der Waals surface area contributed by atoms with E-state index in [0.717, 1.165) is 17.5 Å². The van der Waals surface area contributed by atoms with Gasteiger partial charge in [0.25, 0.3) is 10.1 Å². The molecule has 1 rings (SSSR count). The number of benzene rings is 1. The standard InChI is InChI=1S/C20H34O3S/c1-10-20(8,9)16-12-11-15(19(5,6)7)13-17(16)24(21,22)23-14-18(2,3)4/h11-13H,10,14H2,1-9H3. The summed E-state index contributed by atoms with van der Waals surface area (Å²) in [4.78, 5) is 0.311. The predicted molar refractivity (Wildman–Crippen MR) is 101 cm³/mol. The fraction of sp³-hybridized carbons (Fsp3) is 0.700. The lowest BCUT2D eigenvalue weighted by molar-refractivity contribution is 0.203. The Morgan fingerprint density at radius 2 is 1.50 bits per heavy atom. The summed E-state index contributed by atoms with van der Waals surface area (Å²) < 4.78 is 31.2. The highest BCUT2D eigenvalue weighted by Gasteiger charge is 2.31. The molecule has 0 unspecified atom stereocenters. The molecule has 0 saturated carbocycles. The Labute approximate surface area is 148 Å². The van der Waals surface area contributed by atoms with Crippen molar-refractivity contribution < 1.29 is 12.6 Å². The highest BCUT2D eigenvalue weighted by molar-refractivity contribution is 7.86. The van der Waals surface area contributed by atoms with E-state index in [0.29, 0.717) is 4.90 Å². The average molecular weight is 355 g/mol. The molecule has 1 aromatic rings. The summed E-state index contributed by atoms with van der Waals surface area (Å²) in [5.41, 5.74) is 1.25. The van der Waals surface area contributed by atoms with Crippen molar-refractivity contribution in [1.82, 2.24) is 0 Å². The van der Waals surface area contributed by atoms with Crippen LogP contribution in [-0.4, -0.2) is 15.0 Å². The first-order valence-electron chi connectivity index (χ1n) is 8.65. The van der Waals surface area contributed by atoms with Crippen molar-refractivity contribution in [3.05, 3.63) is 29.3 Å². The van der Waals surface area contributed by atoms with E-state index in [1.54, 1.807) is 6.07 Å². The van der Waals surface area contributed by atoms with Gasteiger partial charge in [-0.15, -0.1) is 0 Å². The van der Waals surface area contributed by atoms with Crippen LogP contribution in [0.15, 0.2) is 23.1 Å². The third-order valence-corrected chi connectivity index (χ3v) is 5.68. The molecule has 0 aliphatic rings. The van der Waals surface area contributed by atoms with Gasteiger partial charge in [-0.1, -0.05) is 74.4 Å². The van der Waals surface area contributed by atoms with Crippen LogP contribution in [0, 0.1) is 5.41 Å². The number of rotatable bonds is 5. The molecule has 0 amide bonds. The maximum absolute atomic E-state index is 12.9. The summed E-state index contributed by atoms with van der Waals surface area (Å²) in [6.45, 7) is 18.5. The Bertz CT molecular complexity index is 672. The van der Waals surface area contributed by atoms with E-state index < -0.39 is 10.1 Å². The molecule has 0 spiro atoms. The van der Waals surface area contributed by atoms with Gasteiger partial charge in [-0.2, -0.15) is 8.42 Å². The molecule has 0 aliphatic carbocycles. The average Bonchev–Trinajstić information content (AvgIpc) is 2.43. The van der Waals surface area contributed by atoms with Crippen LogP contribution >= 0.6 is 0 Å². The van der Waals surface area contributed by atoms with Crippen molar-refractivity contribution in [3.63, 3.8) is 0 Å². The molecule has 0 aliphatic heterocycles. The smallest absolute Gasteiger partial charge is 0.266 e. The molecule has 0 saturated heterocycles. The second kappa shape index (κ2) is 6.80. The first kappa shape index (κ1) is 21.2. The predicted octanol–water partition coefficient (Wildman–Crippen LogP) is 5.42. The zero-order valence-electron chi connectivity index (χ0n) is 16.8. The van der Waals surface area contributed by atoms with Gasteiger partial charge < -0.3 is 0 Å². The Balaban J connectivity index is 3.51. The second-order valence-corrected chi connectivity index (χ2v) is 11.1. The van der Waals surface area contributed by atoms with E-state index in [1.807, 2.05) is 32.9 Å². The normalized spacial score (nSPS) is 14.0. The quantitative estimate of drug-likeness (QED) is 0.663. The van der Waals surface area contributed by atoms with Crippen molar-refractivity contribution >= 4 is 10.1 Å². The summed E-state index contributed by atoms with van der Waals surface area (Å²) in [6, 6.07) is 5.79. The second-order valence-electron chi connectivity index (χ2n) is 9.48. The molecule has 0 N–H and O–H groups in total. The lowest BCUT2D eigenvalue weighted by atomic mass is 9.79. The fourth-order valence-corrected chi connectivity index (χ4v) is 3.78. The van der Waals surface area contributed by atoms with Gasteiger partial charge in [0.15, 0.2) is 0 Å². The summed E-state index contributed by atoms with van der Waals surface area (Å²) >= 11 is 0. The fourth-order valence-electron chi connectivity index (χ4n) is 2.26. The minimum atomic E-state index is -3.80. The van der Waals surface area contributed by atoms with Crippen molar-refractivity contribution in [3.8, 4) is 0 Å². The van der Waals surface area contributed by atoms with E-state index in [4.69, 9.17) is 4.18 Å². The van der Waals surface area contributed by atoms with Crippen molar-refractivity contribution in [1.29, 1.82) is 0 Å². The zero-order chi connectivity index (χ0) is 19.0. The SMILES string of the molecule is CCC(C)(C)c1ccc(C(C)(C)C)cc1S(=O)(=O)OCC(C)(C)C. The number of hydrogen-bond acceptors (Lipinski definition) is 3. The monoisotopic (exact) mass is 354 g/mol. The van der Waals surface area contributed by atoms with Crippen LogP contribution in [0.1, 0.15) is 79.9 Å². The van der Waals surface area contributed by atoms with Crippen LogP contribution in [0.4, 0.5) is 0 Å². The van der Waals surface area contributed by atoms with Crippen LogP contribution in [0.2, 0.25) is 0 Å². The van der Waals surface area contributed by atoms with Gasteiger partial charge in [0.2, 0.25) is 0 Å². The summed E-state index contributed by atoms with van der Waals surface area (Å²) in [5.74, 6) is 0. The first-order valence-corrected chi connectivity index (χ1v) is 10.1. The van der Waals surface area contributed by atoms with Gasteiger partial charge in [0.05, 0.1) is 11.5 Å². The van der Waals surface area contributed by atoms with E-state index >= 15 is 0 Å². The van der Waals surface area contributed by atoms with Gasteiger partial charge in [0.1, 0.15) is 0 Å². The highest BCUT2D eigenvalue weighted by atomic mass is 32.2. The molecule has 3 nitrogen and oxygen atoms in total. The van der Waals surface area contributed by atoms with E-state index in [1.165, 1.54) is 0 Å². The molecule has 138 valence electrons. The minimum absolute atomic E-state index is 0.122. The lowest BCUT2D eigenvalue weighted by Gasteiger charge is -2.29. The van der Waals surface area contributed by atoms with Crippen LogP contribution < -0.4 is 0 Å². The molecule has 0 heterocycles. The third kappa shape index (κ3) is 5.32. The van der Waals surface area contributed by atoms with E-state index in [-0.39, 0.29) is 22.9 Å². The van der Waals surface area contributed by atoms with Gasteiger partial charge in [0, 0.05) is 0 Å². The van der Waals surface area contributed by atoms with Crippen LogP contribution in [-0.2, 0) is 25.1 Å². The maximum atomic E-state index is 12.9. The molecular weight excluding hydrogens is 320 g/mol. The molecule has 4 heteroatoms.